The van der Waals surface area contributed by atoms with Crippen LogP contribution in [0.15, 0.2) is 42.6 Å². The number of benzene rings is 1. The van der Waals surface area contributed by atoms with Crippen LogP contribution in [0.3, 0.4) is 0 Å². The molecule has 0 radical (unpaired) electrons. The topological polar surface area (TPSA) is 48.5 Å². The summed E-state index contributed by atoms with van der Waals surface area (Å²) >= 11 is 0. The van der Waals surface area contributed by atoms with E-state index in [9.17, 15) is 9.18 Å². The zero-order chi connectivity index (χ0) is 18.5. The SMILES string of the molecule is CCN1CCN(c2ccc(F)cc2C(C)NC(=O)c2ccccn2)CC1. The lowest BCUT2D eigenvalue weighted by molar-refractivity contribution is 0.0935. The number of rotatable bonds is 5. The molecule has 0 saturated carbocycles. The monoisotopic (exact) mass is 356 g/mol. The number of amides is 1. The zero-order valence-electron chi connectivity index (χ0n) is 15.3. The van der Waals surface area contributed by atoms with E-state index in [4.69, 9.17) is 0 Å². The molecule has 1 amide bonds. The van der Waals surface area contributed by atoms with Crippen LogP contribution in [0.2, 0.25) is 0 Å². The maximum Gasteiger partial charge on any atom is 0.270 e. The molecule has 5 nitrogen and oxygen atoms in total. The standard InChI is InChI=1S/C20H25FN4O/c1-3-24-10-12-25(13-11-24)19-8-7-16(21)14-17(19)15(2)23-20(26)18-6-4-5-9-22-18/h4-9,14-15H,3,10-13H2,1-2H3,(H,23,26). The molecule has 1 atom stereocenters. The number of hydrogen-bond acceptors (Lipinski definition) is 4. The maximum absolute atomic E-state index is 13.9. The Morgan fingerprint density at radius 1 is 1.23 bits per heavy atom. The highest BCUT2D eigenvalue weighted by atomic mass is 19.1. The lowest BCUT2D eigenvalue weighted by Gasteiger charge is -2.37. The van der Waals surface area contributed by atoms with E-state index in [1.54, 1.807) is 24.4 Å². The van der Waals surface area contributed by atoms with Crippen LogP contribution >= 0.6 is 0 Å². The van der Waals surface area contributed by atoms with E-state index in [1.165, 1.54) is 12.1 Å². The number of nitrogens with one attached hydrogen (secondary N) is 1. The molecule has 1 fully saturated rings. The number of pyridine rings is 1. The van der Waals surface area contributed by atoms with Gasteiger partial charge in [0.15, 0.2) is 0 Å². The van der Waals surface area contributed by atoms with Crippen LogP contribution in [0.25, 0.3) is 0 Å². The fraction of sp³-hybridized carbons (Fsp3) is 0.400. The van der Waals surface area contributed by atoms with Crippen molar-refractivity contribution in [1.29, 1.82) is 0 Å². The Hall–Kier alpha value is -2.47. The largest absolute Gasteiger partial charge is 0.369 e. The molecule has 3 rings (SSSR count). The first kappa shape index (κ1) is 18.3. The Balaban J connectivity index is 1.78. The van der Waals surface area contributed by atoms with Crippen LogP contribution in [-0.2, 0) is 0 Å². The number of carbonyl (C=O) groups excluding carboxylic acids is 1. The molecule has 0 spiro atoms. The van der Waals surface area contributed by atoms with E-state index in [2.05, 4.69) is 27.0 Å². The van der Waals surface area contributed by atoms with Crippen LogP contribution in [0.1, 0.15) is 35.9 Å². The molecule has 0 aliphatic carbocycles. The fourth-order valence-corrected chi connectivity index (χ4v) is 3.31. The summed E-state index contributed by atoms with van der Waals surface area (Å²) < 4.78 is 13.9. The van der Waals surface area contributed by atoms with E-state index >= 15 is 0 Å². The number of nitrogens with zero attached hydrogens (tertiary/aromatic N) is 3. The van der Waals surface area contributed by atoms with Gasteiger partial charge in [0, 0.05) is 43.6 Å². The minimum atomic E-state index is -0.320. The molecule has 1 aliphatic rings. The average Bonchev–Trinajstić information content (AvgIpc) is 2.68. The highest BCUT2D eigenvalue weighted by molar-refractivity contribution is 5.92. The van der Waals surface area contributed by atoms with Crippen molar-refractivity contribution in [2.45, 2.75) is 19.9 Å². The summed E-state index contributed by atoms with van der Waals surface area (Å²) in [6, 6.07) is 9.70. The molecule has 1 aromatic heterocycles. The van der Waals surface area contributed by atoms with Gasteiger partial charge in [-0.2, -0.15) is 0 Å². The molecule has 0 bridgehead atoms. The summed E-state index contributed by atoms with van der Waals surface area (Å²) in [6.45, 7) is 8.85. The molecule has 6 heteroatoms. The normalized spacial score (nSPS) is 16.3. The minimum absolute atomic E-state index is 0.260. The third-order valence-corrected chi connectivity index (χ3v) is 4.86. The minimum Gasteiger partial charge on any atom is -0.369 e. The molecular formula is C20H25FN4O. The van der Waals surface area contributed by atoms with E-state index in [0.29, 0.717) is 5.69 Å². The van der Waals surface area contributed by atoms with Crippen molar-refractivity contribution >= 4 is 11.6 Å². The number of carbonyl (C=O) groups is 1. The van der Waals surface area contributed by atoms with Gasteiger partial charge in [-0.1, -0.05) is 13.0 Å². The zero-order valence-corrected chi connectivity index (χ0v) is 15.3. The number of hydrogen-bond donors (Lipinski definition) is 1. The van der Waals surface area contributed by atoms with E-state index in [1.807, 2.05) is 13.0 Å². The Morgan fingerprint density at radius 3 is 2.65 bits per heavy atom. The first-order chi connectivity index (χ1) is 12.6. The van der Waals surface area contributed by atoms with Crippen molar-refractivity contribution in [3.8, 4) is 0 Å². The van der Waals surface area contributed by atoms with Crippen molar-refractivity contribution in [3.05, 3.63) is 59.7 Å². The number of aromatic nitrogens is 1. The third kappa shape index (κ3) is 4.19. The van der Waals surface area contributed by atoms with Crippen molar-refractivity contribution in [2.75, 3.05) is 37.6 Å². The van der Waals surface area contributed by atoms with Gasteiger partial charge in [-0.25, -0.2) is 4.39 Å². The van der Waals surface area contributed by atoms with Crippen molar-refractivity contribution in [3.63, 3.8) is 0 Å². The predicted octanol–water partition coefficient (Wildman–Crippen LogP) is 2.85. The Labute approximate surface area is 153 Å². The van der Waals surface area contributed by atoms with Gasteiger partial charge in [0.25, 0.3) is 5.91 Å². The second-order valence-electron chi connectivity index (χ2n) is 6.53. The van der Waals surface area contributed by atoms with E-state index in [-0.39, 0.29) is 17.8 Å². The smallest absolute Gasteiger partial charge is 0.270 e. The molecule has 1 N–H and O–H groups in total. The van der Waals surface area contributed by atoms with E-state index in [0.717, 1.165) is 44.0 Å². The van der Waals surface area contributed by atoms with Gasteiger partial charge in [0.2, 0.25) is 0 Å². The lowest BCUT2D eigenvalue weighted by Crippen LogP contribution is -2.46. The number of halogens is 1. The molecule has 138 valence electrons. The Kier molecular flexibility index (Phi) is 5.83. The summed E-state index contributed by atoms with van der Waals surface area (Å²) in [5, 5.41) is 2.93. The highest BCUT2D eigenvalue weighted by Crippen LogP contribution is 2.28. The molecule has 1 saturated heterocycles. The van der Waals surface area contributed by atoms with Gasteiger partial charge in [-0.05, 0) is 43.8 Å². The fourth-order valence-electron chi connectivity index (χ4n) is 3.31. The summed E-state index contributed by atoms with van der Waals surface area (Å²) in [6.07, 6.45) is 1.58. The molecule has 2 heterocycles. The summed E-state index contributed by atoms with van der Waals surface area (Å²) in [5.74, 6) is -0.556. The van der Waals surface area contributed by atoms with Gasteiger partial charge in [0.1, 0.15) is 11.5 Å². The summed E-state index contributed by atoms with van der Waals surface area (Å²) in [7, 11) is 0. The van der Waals surface area contributed by atoms with Crippen molar-refractivity contribution in [2.24, 2.45) is 0 Å². The molecule has 1 unspecified atom stereocenters. The maximum atomic E-state index is 13.9. The van der Waals surface area contributed by atoms with E-state index < -0.39 is 0 Å². The third-order valence-electron chi connectivity index (χ3n) is 4.86. The van der Waals surface area contributed by atoms with Crippen molar-refractivity contribution in [1.82, 2.24) is 15.2 Å². The van der Waals surface area contributed by atoms with Crippen LogP contribution in [-0.4, -0.2) is 48.5 Å². The number of likely N-dealkylation sites (N-methyl/N-ethyl adjacent to an activating group) is 1. The van der Waals surface area contributed by atoms with Crippen LogP contribution in [0.4, 0.5) is 10.1 Å². The molecule has 1 aromatic carbocycles. The van der Waals surface area contributed by atoms with Crippen molar-refractivity contribution < 1.29 is 9.18 Å². The summed E-state index contributed by atoms with van der Waals surface area (Å²) in [4.78, 5) is 21.1. The van der Waals surface area contributed by atoms with Gasteiger partial charge in [-0.15, -0.1) is 0 Å². The van der Waals surface area contributed by atoms with Crippen LogP contribution in [0, 0.1) is 5.82 Å². The summed E-state index contributed by atoms with van der Waals surface area (Å²) in [5.41, 5.74) is 2.13. The lowest BCUT2D eigenvalue weighted by atomic mass is 10.0. The second-order valence-corrected chi connectivity index (χ2v) is 6.53. The number of piperazine rings is 1. The van der Waals surface area contributed by atoms with Gasteiger partial charge in [-0.3, -0.25) is 9.78 Å². The average molecular weight is 356 g/mol. The first-order valence-electron chi connectivity index (χ1n) is 9.07. The first-order valence-corrected chi connectivity index (χ1v) is 9.07. The highest BCUT2D eigenvalue weighted by Gasteiger charge is 2.22. The van der Waals surface area contributed by atoms with Gasteiger partial charge in [0.05, 0.1) is 6.04 Å². The number of anilines is 1. The molecule has 1 aliphatic heterocycles. The molecule has 2 aromatic rings. The Morgan fingerprint density at radius 2 is 2.00 bits per heavy atom. The van der Waals surface area contributed by atoms with Crippen LogP contribution < -0.4 is 10.2 Å². The van der Waals surface area contributed by atoms with Gasteiger partial charge >= 0.3 is 0 Å². The molecular weight excluding hydrogens is 331 g/mol. The quantitative estimate of drug-likeness (QED) is 0.895. The van der Waals surface area contributed by atoms with Crippen LogP contribution in [0.5, 0.6) is 0 Å². The molecule has 26 heavy (non-hydrogen) atoms. The van der Waals surface area contributed by atoms with Gasteiger partial charge < -0.3 is 15.1 Å². The second kappa shape index (κ2) is 8.27. The predicted molar refractivity (Wildman–Crippen MR) is 101 cm³/mol. The Bertz CT molecular complexity index is 745.